The molecule has 0 spiro atoms. The Morgan fingerprint density at radius 2 is 1.52 bits per heavy atom. The Hall–Kier alpha value is -4.26. The number of para-hydroxylation sites is 1. The van der Waals surface area contributed by atoms with Crippen LogP contribution in [-0.4, -0.2) is 16.7 Å². The second-order valence-electron chi connectivity index (χ2n) is 7.26. The highest BCUT2D eigenvalue weighted by Crippen LogP contribution is 2.34. The maximum Gasteiger partial charge on any atom is 0.282 e. The van der Waals surface area contributed by atoms with Gasteiger partial charge in [-0.3, -0.25) is 19.7 Å². The number of rotatable bonds is 5. The maximum atomic E-state index is 13.4. The molecule has 1 aliphatic heterocycles. The van der Waals surface area contributed by atoms with Crippen molar-refractivity contribution in [1.29, 1.82) is 0 Å². The highest BCUT2D eigenvalue weighted by Gasteiger charge is 2.40. The minimum atomic E-state index is -0.510. The van der Waals surface area contributed by atoms with Crippen LogP contribution < -0.4 is 10.2 Å². The predicted octanol–water partition coefficient (Wildman–Crippen LogP) is 4.61. The fraction of sp³-hybridized carbons (Fsp3) is 0.0833. The van der Waals surface area contributed by atoms with E-state index in [1.807, 2.05) is 38.1 Å². The lowest BCUT2D eigenvalue weighted by molar-refractivity contribution is -0.384. The second-order valence-corrected chi connectivity index (χ2v) is 7.26. The van der Waals surface area contributed by atoms with E-state index in [1.54, 1.807) is 24.3 Å². The number of nitrogens with zero attached hydrogens (tertiary/aromatic N) is 2. The topological polar surface area (TPSA) is 92.6 Å². The van der Waals surface area contributed by atoms with Gasteiger partial charge in [-0.15, -0.1) is 0 Å². The molecule has 1 heterocycles. The SMILES string of the molecule is Cc1ccc(N2C(=O)C(Nc3ccccc3)=C(c3ccc([N+](=O)[O-])cc3)C2=O)cc1C. The minimum Gasteiger partial charge on any atom is -0.350 e. The van der Waals surface area contributed by atoms with Gasteiger partial charge < -0.3 is 5.32 Å². The van der Waals surface area contributed by atoms with Crippen molar-refractivity contribution in [1.82, 2.24) is 0 Å². The summed E-state index contributed by atoms with van der Waals surface area (Å²) in [6.07, 6.45) is 0. The van der Waals surface area contributed by atoms with Crippen molar-refractivity contribution < 1.29 is 14.5 Å². The third-order valence-corrected chi connectivity index (χ3v) is 5.24. The van der Waals surface area contributed by atoms with Gasteiger partial charge in [0.2, 0.25) is 0 Å². The van der Waals surface area contributed by atoms with Gasteiger partial charge in [0.15, 0.2) is 0 Å². The zero-order chi connectivity index (χ0) is 22.1. The number of nitro benzene ring substituents is 1. The van der Waals surface area contributed by atoms with Crippen LogP contribution in [0.5, 0.6) is 0 Å². The Balaban J connectivity index is 1.82. The van der Waals surface area contributed by atoms with E-state index < -0.39 is 16.7 Å². The fourth-order valence-electron chi connectivity index (χ4n) is 3.43. The summed E-state index contributed by atoms with van der Waals surface area (Å²) in [5, 5.41) is 14.1. The molecule has 3 aromatic carbocycles. The van der Waals surface area contributed by atoms with Crippen LogP contribution in [0.3, 0.4) is 0 Å². The van der Waals surface area contributed by atoms with E-state index in [2.05, 4.69) is 5.32 Å². The van der Waals surface area contributed by atoms with Gasteiger partial charge in [-0.1, -0.05) is 24.3 Å². The average molecular weight is 413 g/mol. The van der Waals surface area contributed by atoms with Crippen LogP contribution >= 0.6 is 0 Å². The van der Waals surface area contributed by atoms with Crippen LogP contribution in [0.1, 0.15) is 16.7 Å². The van der Waals surface area contributed by atoms with Gasteiger partial charge in [0, 0.05) is 17.8 Å². The molecule has 0 unspecified atom stereocenters. The van der Waals surface area contributed by atoms with E-state index >= 15 is 0 Å². The van der Waals surface area contributed by atoms with Crippen LogP contribution in [0, 0.1) is 24.0 Å². The van der Waals surface area contributed by atoms with Crippen molar-refractivity contribution in [2.24, 2.45) is 0 Å². The van der Waals surface area contributed by atoms with Crippen molar-refractivity contribution in [3.63, 3.8) is 0 Å². The number of imide groups is 1. The summed E-state index contributed by atoms with van der Waals surface area (Å²) in [7, 11) is 0. The molecule has 0 saturated carbocycles. The molecule has 31 heavy (non-hydrogen) atoms. The highest BCUT2D eigenvalue weighted by molar-refractivity contribution is 6.46. The van der Waals surface area contributed by atoms with Crippen molar-refractivity contribution in [2.45, 2.75) is 13.8 Å². The largest absolute Gasteiger partial charge is 0.350 e. The molecule has 0 fully saturated rings. The zero-order valence-corrected chi connectivity index (χ0v) is 17.0. The number of aryl methyl sites for hydroxylation is 2. The molecule has 0 saturated heterocycles. The van der Waals surface area contributed by atoms with Gasteiger partial charge in [0.25, 0.3) is 17.5 Å². The Bertz CT molecular complexity index is 1230. The first kappa shape index (κ1) is 20.0. The molecule has 7 nitrogen and oxygen atoms in total. The van der Waals surface area contributed by atoms with Crippen molar-refractivity contribution in [3.8, 4) is 0 Å². The molecule has 0 aromatic heterocycles. The second kappa shape index (κ2) is 7.87. The van der Waals surface area contributed by atoms with Gasteiger partial charge in [-0.2, -0.15) is 0 Å². The molecule has 1 N–H and O–H groups in total. The number of hydrogen-bond acceptors (Lipinski definition) is 5. The average Bonchev–Trinajstić information content (AvgIpc) is 3.00. The molecular formula is C24H19N3O4. The van der Waals surface area contributed by atoms with Crippen molar-refractivity contribution >= 4 is 34.4 Å². The van der Waals surface area contributed by atoms with Crippen LogP contribution in [0.15, 0.2) is 78.5 Å². The zero-order valence-electron chi connectivity index (χ0n) is 17.0. The molecule has 3 aromatic rings. The molecule has 154 valence electrons. The lowest BCUT2D eigenvalue weighted by atomic mass is 10.0. The number of anilines is 2. The van der Waals surface area contributed by atoms with Gasteiger partial charge in [0.1, 0.15) is 5.70 Å². The summed E-state index contributed by atoms with van der Waals surface area (Å²) >= 11 is 0. The molecular weight excluding hydrogens is 394 g/mol. The first-order valence-electron chi connectivity index (χ1n) is 9.64. The standard InChI is InChI=1S/C24H19N3O4/c1-15-8-11-20(14-16(15)2)26-23(28)21(17-9-12-19(13-10-17)27(30)31)22(24(26)29)25-18-6-4-3-5-7-18/h3-14,25H,1-2H3. The smallest absolute Gasteiger partial charge is 0.282 e. The quantitative estimate of drug-likeness (QED) is 0.375. The number of benzene rings is 3. The lowest BCUT2D eigenvalue weighted by Gasteiger charge is -2.17. The normalized spacial score (nSPS) is 13.7. The van der Waals surface area contributed by atoms with E-state index in [1.165, 1.54) is 24.3 Å². The molecule has 0 aliphatic carbocycles. The molecule has 2 amide bonds. The highest BCUT2D eigenvalue weighted by atomic mass is 16.6. The van der Waals surface area contributed by atoms with Gasteiger partial charge in [-0.25, -0.2) is 4.90 Å². The van der Waals surface area contributed by atoms with Crippen LogP contribution in [0.25, 0.3) is 5.57 Å². The number of non-ortho nitro benzene ring substituents is 1. The van der Waals surface area contributed by atoms with E-state index in [0.29, 0.717) is 16.9 Å². The van der Waals surface area contributed by atoms with E-state index in [4.69, 9.17) is 0 Å². The van der Waals surface area contributed by atoms with Gasteiger partial charge in [-0.05, 0) is 66.9 Å². The third-order valence-electron chi connectivity index (χ3n) is 5.24. The van der Waals surface area contributed by atoms with Crippen LogP contribution in [-0.2, 0) is 9.59 Å². The van der Waals surface area contributed by atoms with Crippen molar-refractivity contribution in [3.05, 3.63) is 105 Å². The van der Waals surface area contributed by atoms with Gasteiger partial charge in [0.05, 0.1) is 16.2 Å². The van der Waals surface area contributed by atoms with E-state index in [0.717, 1.165) is 16.0 Å². The molecule has 1 aliphatic rings. The summed E-state index contributed by atoms with van der Waals surface area (Å²) in [5.74, 6) is -0.967. The number of nitrogens with one attached hydrogen (secondary N) is 1. The Labute approximate surface area is 178 Å². The summed E-state index contributed by atoms with van der Waals surface area (Å²) in [4.78, 5) is 38.4. The molecule has 0 radical (unpaired) electrons. The molecule has 4 rings (SSSR count). The number of nitro groups is 1. The Morgan fingerprint density at radius 3 is 2.13 bits per heavy atom. The van der Waals surface area contributed by atoms with Crippen LogP contribution in [0.4, 0.5) is 17.1 Å². The van der Waals surface area contributed by atoms with E-state index in [-0.39, 0.29) is 17.0 Å². The fourth-order valence-corrected chi connectivity index (χ4v) is 3.43. The Morgan fingerprint density at radius 1 is 0.839 bits per heavy atom. The first-order chi connectivity index (χ1) is 14.9. The summed E-state index contributed by atoms with van der Waals surface area (Å²) in [6.45, 7) is 3.87. The summed E-state index contributed by atoms with van der Waals surface area (Å²) in [6, 6.07) is 20.0. The molecule has 7 heteroatoms. The number of carbonyl (C=O) groups excluding carboxylic acids is 2. The molecule has 0 atom stereocenters. The number of hydrogen-bond donors (Lipinski definition) is 1. The Kier molecular flexibility index (Phi) is 5.09. The van der Waals surface area contributed by atoms with Crippen molar-refractivity contribution in [2.75, 3.05) is 10.2 Å². The lowest BCUT2D eigenvalue weighted by Crippen LogP contribution is -2.32. The number of carbonyl (C=O) groups is 2. The predicted molar refractivity (Wildman–Crippen MR) is 118 cm³/mol. The van der Waals surface area contributed by atoms with E-state index in [9.17, 15) is 19.7 Å². The molecule has 0 bridgehead atoms. The summed E-state index contributed by atoms with van der Waals surface area (Å²) < 4.78 is 0. The number of amides is 2. The van der Waals surface area contributed by atoms with Gasteiger partial charge >= 0.3 is 0 Å². The monoisotopic (exact) mass is 413 g/mol. The van der Waals surface area contributed by atoms with Crippen LogP contribution in [0.2, 0.25) is 0 Å². The first-order valence-corrected chi connectivity index (χ1v) is 9.64. The maximum absolute atomic E-state index is 13.4. The minimum absolute atomic E-state index is 0.0929. The third kappa shape index (κ3) is 3.69. The summed E-state index contributed by atoms with van der Waals surface area (Å²) in [5.41, 5.74) is 3.76.